The molecule has 0 fully saturated rings. The third-order valence-corrected chi connectivity index (χ3v) is 6.62. The topological polar surface area (TPSA) is 93.4 Å². The maximum absolute atomic E-state index is 13.0. The molecule has 0 aliphatic rings. The summed E-state index contributed by atoms with van der Waals surface area (Å²) in [6, 6.07) is 14.7. The summed E-state index contributed by atoms with van der Waals surface area (Å²) in [5.74, 6) is -0.161. The molecule has 3 aromatic rings. The average Bonchev–Trinajstić information content (AvgIpc) is 2.98. The van der Waals surface area contributed by atoms with Crippen LogP contribution in [0.3, 0.4) is 0 Å². The molecule has 3 rings (SSSR count). The van der Waals surface area contributed by atoms with E-state index in [9.17, 15) is 18.0 Å². The van der Waals surface area contributed by atoms with Gasteiger partial charge in [-0.1, -0.05) is 18.2 Å². The first kappa shape index (κ1) is 22.4. The normalized spacial score (nSPS) is 11.4. The number of benzene rings is 2. The van der Waals surface area contributed by atoms with Crippen LogP contribution in [-0.4, -0.2) is 41.7 Å². The molecule has 0 saturated carbocycles. The molecule has 1 aromatic heterocycles. The molecule has 0 radical (unpaired) electrons. The van der Waals surface area contributed by atoms with Crippen LogP contribution in [0, 0.1) is 6.92 Å². The lowest BCUT2D eigenvalue weighted by Gasteiger charge is -2.18. The van der Waals surface area contributed by atoms with Crippen molar-refractivity contribution in [3.8, 4) is 5.69 Å². The van der Waals surface area contributed by atoms with Gasteiger partial charge < -0.3 is 4.90 Å². The van der Waals surface area contributed by atoms with E-state index in [0.29, 0.717) is 30.0 Å². The number of aromatic nitrogens is 2. The minimum Gasteiger partial charge on any atom is -0.339 e. The van der Waals surface area contributed by atoms with Crippen molar-refractivity contribution in [2.75, 3.05) is 17.8 Å². The number of sulfonamides is 1. The van der Waals surface area contributed by atoms with Crippen LogP contribution in [-0.2, 0) is 17.1 Å². The molecule has 31 heavy (non-hydrogen) atoms. The fraction of sp³-hybridized carbons (Fsp3) is 0.273. The third-order valence-electron chi connectivity index (χ3n) is 5.25. The molecule has 1 amide bonds. The molecule has 0 spiro atoms. The molecule has 1 N–H and O–H groups in total. The molecule has 9 heteroatoms. The predicted molar refractivity (Wildman–Crippen MR) is 120 cm³/mol. The number of para-hydroxylation sites is 1. The van der Waals surface area contributed by atoms with Gasteiger partial charge in [0.2, 0.25) is 0 Å². The quantitative estimate of drug-likeness (QED) is 0.609. The minimum absolute atomic E-state index is 0.0188. The SMILES string of the molecule is CCN(CC)C(=O)c1ccc(S(=O)(=O)Nc2c(C)n(C)n(-c3ccccc3)c2=O)cc1. The van der Waals surface area contributed by atoms with E-state index in [1.54, 1.807) is 47.8 Å². The first-order chi connectivity index (χ1) is 14.7. The van der Waals surface area contributed by atoms with Gasteiger partial charge >= 0.3 is 0 Å². The van der Waals surface area contributed by atoms with E-state index in [1.807, 2.05) is 19.9 Å². The molecule has 0 saturated heterocycles. The lowest BCUT2D eigenvalue weighted by atomic mass is 10.2. The van der Waals surface area contributed by atoms with Crippen molar-refractivity contribution >= 4 is 21.6 Å². The van der Waals surface area contributed by atoms with E-state index in [-0.39, 0.29) is 16.5 Å². The Kier molecular flexibility index (Phi) is 6.35. The zero-order valence-electron chi connectivity index (χ0n) is 18.0. The first-order valence-corrected chi connectivity index (χ1v) is 11.5. The predicted octanol–water partition coefficient (Wildman–Crippen LogP) is 2.77. The van der Waals surface area contributed by atoms with Crippen molar-refractivity contribution in [1.82, 2.24) is 14.3 Å². The van der Waals surface area contributed by atoms with Gasteiger partial charge in [-0.25, -0.2) is 13.1 Å². The number of carbonyl (C=O) groups is 1. The highest BCUT2D eigenvalue weighted by Crippen LogP contribution is 2.19. The summed E-state index contributed by atoms with van der Waals surface area (Å²) in [5, 5.41) is 0. The van der Waals surface area contributed by atoms with Crippen LogP contribution in [0.5, 0.6) is 0 Å². The summed E-state index contributed by atoms with van der Waals surface area (Å²) in [4.78, 5) is 27.0. The zero-order valence-corrected chi connectivity index (χ0v) is 18.8. The molecule has 0 aliphatic carbocycles. The fourth-order valence-electron chi connectivity index (χ4n) is 3.35. The maximum Gasteiger partial charge on any atom is 0.296 e. The van der Waals surface area contributed by atoms with Crippen LogP contribution in [0.25, 0.3) is 5.69 Å². The Hall–Kier alpha value is -3.33. The Morgan fingerprint density at radius 2 is 1.58 bits per heavy atom. The van der Waals surface area contributed by atoms with E-state index in [4.69, 9.17) is 0 Å². The van der Waals surface area contributed by atoms with E-state index in [0.717, 1.165) is 0 Å². The van der Waals surface area contributed by atoms with Gasteiger partial charge in [-0.15, -0.1) is 0 Å². The van der Waals surface area contributed by atoms with Gasteiger partial charge in [-0.2, -0.15) is 0 Å². The Bertz CT molecular complexity index is 1240. The number of hydrogen-bond donors (Lipinski definition) is 1. The number of nitrogens with one attached hydrogen (secondary N) is 1. The summed E-state index contributed by atoms with van der Waals surface area (Å²) < 4.78 is 31.3. The van der Waals surface area contributed by atoms with Crippen LogP contribution in [0.2, 0.25) is 0 Å². The molecular formula is C22H26N4O4S. The van der Waals surface area contributed by atoms with Crippen molar-refractivity contribution in [3.05, 3.63) is 76.2 Å². The van der Waals surface area contributed by atoms with E-state index in [1.165, 1.54) is 28.9 Å². The van der Waals surface area contributed by atoms with Gasteiger partial charge in [0.05, 0.1) is 16.3 Å². The van der Waals surface area contributed by atoms with Gasteiger partial charge in [0.1, 0.15) is 5.69 Å². The minimum atomic E-state index is -4.02. The second-order valence-electron chi connectivity index (χ2n) is 7.04. The van der Waals surface area contributed by atoms with E-state index >= 15 is 0 Å². The largest absolute Gasteiger partial charge is 0.339 e. The van der Waals surface area contributed by atoms with Gasteiger partial charge in [0.25, 0.3) is 21.5 Å². The molecule has 2 aromatic carbocycles. The van der Waals surface area contributed by atoms with Crippen molar-refractivity contribution < 1.29 is 13.2 Å². The highest BCUT2D eigenvalue weighted by Gasteiger charge is 2.23. The summed E-state index contributed by atoms with van der Waals surface area (Å²) in [7, 11) is -2.33. The van der Waals surface area contributed by atoms with Gasteiger partial charge in [0.15, 0.2) is 0 Å². The summed E-state index contributed by atoms with van der Waals surface area (Å²) >= 11 is 0. The van der Waals surface area contributed by atoms with Gasteiger partial charge in [-0.3, -0.25) is 19.0 Å². The van der Waals surface area contributed by atoms with Gasteiger partial charge in [-0.05, 0) is 57.2 Å². The van der Waals surface area contributed by atoms with Crippen molar-refractivity contribution in [3.63, 3.8) is 0 Å². The molecule has 1 heterocycles. The standard InChI is InChI=1S/C22H26N4O4S/c1-5-25(6-2)21(27)17-12-14-19(15-13-17)31(29,30)23-20-16(3)24(4)26(22(20)28)18-10-8-7-9-11-18/h7-15,23H,5-6H2,1-4H3. The number of nitrogens with zero attached hydrogens (tertiary/aromatic N) is 3. The highest BCUT2D eigenvalue weighted by molar-refractivity contribution is 7.92. The molecule has 0 bridgehead atoms. The van der Waals surface area contributed by atoms with Crippen LogP contribution in [0.4, 0.5) is 5.69 Å². The van der Waals surface area contributed by atoms with Crippen molar-refractivity contribution in [1.29, 1.82) is 0 Å². The smallest absolute Gasteiger partial charge is 0.296 e. The summed E-state index contributed by atoms with van der Waals surface area (Å²) in [5.41, 5.74) is 1.02. The van der Waals surface area contributed by atoms with Crippen molar-refractivity contribution in [2.24, 2.45) is 7.05 Å². The Morgan fingerprint density at radius 1 is 1.00 bits per heavy atom. The second kappa shape index (κ2) is 8.81. The zero-order chi connectivity index (χ0) is 22.8. The molecule has 0 unspecified atom stereocenters. The highest BCUT2D eigenvalue weighted by atomic mass is 32.2. The molecular weight excluding hydrogens is 416 g/mol. The van der Waals surface area contributed by atoms with Crippen LogP contribution >= 0.6 is 0 Å². The lowest BCUT2D eigenvalue weighted by molar-refractivity contribution is 0.0773. The number of rotatable bonds is 7. The van der Waals surface area contributed by atoms with E-state index < -0.39 is 15.6 Å². The number of anilines is 1. The summed E-state index contributed by atoms with van der Waals surface area (Å²) in [6.45, 7) is 6.57. The third kappa shape index (κ3) is 4.27. The van der Waals surface area contributed by atoms with Crippen LogP contribution in [0.1, 0.15) is 29.9 Å². The lowest BCUT2D eigenvalue weighted by Crippen LogP contribution is -2.30. The second-order valence-corrected chi connectivity index (χ2v) is 8.73. The number of amides is 1. The molecule has 0 atom stereocenters. The number of carbonyl (C=O) groups excluding carboxylic acids is 1. The maximum atomic E-state index is 13.0. The fourth-order valence-corrected chi connectivity index (χ4v) is 4.47. The molecule has 0 aliphatic heterocycles. The summed E-state index contributed by atoms with van der Waals surface area (Å²) in [6.07, 6.45) is 0. The molecule has 164 valence electrons. The Balaban J connectivity index is 1.93. The number of hydrogen-bond acceptors (Lipinski definition) is 4. The monoisotopic (exact) mass is 442 g/mol. The van der Waals surface area contributed by atoms with Crippen molar-refractivity contribution in [2.45, 2.75) is 25.7 Å². The molecule has 8 nitrogen and oxygen atoms in total. The van der Waals surface area contributed by atoms with Crippen LogP contribution in [0.15, 0.2) is 64.3 Å². The Labute approximate surface area is 181 Å². The van der Waals surface area contributed by atoms with Crippen LogP contribution < -0.4 is 10.3 Å². The van der Waals surface area contributed by atoms with Gasteiger partial charge in [0, 0.05) is 25.7 Å². The Morgan fingerprint density at radius 3 is 2.13 bits per heavy atom. The van der Waals surface area contributed by atoms with E-state index in [2.05, 4.69) is 4.72 Å². The average molecular weight is 443 g/mol. The first-order valence-electron chi connectivity index (χ1n) is 9.97.